The summed E-state index contributed by atoms with van der Waals surface area (Å²) >= 11 is 11.6. The van der Waals surface area contributed by atoms with Crippen molar-refractivity contribution < 1.29 is 4.79 Å². The first-order chi connectivity index (χ1) is 9.95. The molecule has 21 heavy (non-hydrogen) atoms. The molecular weight excluding hydrogens is 416 g/mol. The van der Waals surface area contributed by atoms with Crippen molar-refractivity contribution in [1.82, 2.24) is 5.32 Å². The maximum atomic E-state index is 12.1. The second-order valence-electron chi connectivity index (χ2n) is 4.40. The maximum absolute atomic E-state index is 12.1. The van der Waals surface area contributed by atoms with Crippen molar-refractivity contribution in [1.29, 1.82) is 0 Å². The van der Waals surface area contributed by atoms with Crippen molar-refractivity contribution in [3.05, 3.63) is 68.1 Å². The topological polar surface area (TPSA) is 55.1 Å². The van der Waals surface area contributed by atoms with Crippen molar-refractivity contribution in [3.8, 4) is 0 Å². The summed E-state index contributed by atoms with van der Waals surface area (Å²) in [5, 5.41) is 2.87. The molecule has 0 heterocycles. The lowest BCUT2D eigenvalue weighted by molar-refractivity contribution is 0.0951. The van der Waals surface area contributed by atoms with E-state index >= 15 is 0 Å². The Kier molecular flexibility index (Phi) is 5.50. The Hall–Kier alpha value is -1.24. The number of amides is 1. The molecule has 0 fully saturated rings. The number of carbonyl (C=O) groups excluding carboxylic acids is 1. The average molecular weight is 428 g/mol. The summed E-state index contributed by atoms with van der Waals surface area (Å²) in [5.41, 5.74) is 7.94. The number of hydrogen-bond acceptors (Lipinski definition) is 2. The molecule has 0 radical (unpaired) electrons. The van der Waals surface area contributed by atoms with Crippen molar-refractivity contribution in [2.75, 3.05) is 0 Å². The molecular formula is C15H12Br2N2OS. The number of nitrogens with one attached hydrogen (secondary N) is 1. The van der Waals surface area contributed by atoms with E-state index in [2.05, 4.69) is 37.2 Å². The molecule has 0 bridgehead atoms. The van der Waals surface area contributed by atoms with E-state index in [0.29, 0.717) is 17.1 Å². The Morgan fingerprint density at radius 2 is 1.62 bits per heavy atom. The molecule has 1 amide bonds. The largest absolute Gasteiger partial charge is 0.389 e. The number of thiocarbonyl (C=S) groups is 1. The molecule has 0 saturated carbocycles. The molecule has 2 aromatic rings. The van der Waals surface area contributed by atoms with E-state index in [9.17, 15) is 4.79 Å². The quantitative estimate of drug-likeness (QED) is 0.730. The van der Waals surface area contributed by atoms with Crippen LogP contribution in [0.25, 0.3) is 0 Å². The Labute approximate surface area is 145 Å². The highest BCUT2D eigenvalue weighted by Crippen LogP contribution is 2.20. The van der Waals surface area contributed by atoms with Gasteiger partial charge in [-0.15, -0.1) is 0 Å². The zero-order valence-corrected chi connectivity index (χ0v) is 14.9. The van der Waals surface area contributed by atoms with Gasteiger partial charge in [-0.2, -0.15) is 0 Å². The van der Waals surface area contributed by atoms with E-state index in [1.807, 2.05) is 30.3 Å². The van der Waals surface area contributed by atoms with Crippen LogP contribution in [0.4, 0.5) is 0 Å². The molecule has 0 aliphatic carbocycles. The van der Waals surface area contributed by atoms with Gasteiger partial charge in [-0.3, -0.25) is 4.79 Å². The predicted octanol–water partition coefficient (Wildman–Crippen LogP) is 3.78. The first-order valence-corrected chi connectivity index (χ1v) is 8.08. The van der Waals surface area contributed by atoms with Crippen molar-refractivity contribution in [3.63, 3.8) is 0 Å². The molecule has 3 nitrogen and oxygen atoms in total. The van der Waals surface area contributed by atoms with E-state index in [1.54, 1.807) is 12.1 Å². The van der Waals surface area contributed by atoms with E-state index < -0.39 is 0 Å². The monoisotopic (exact) mass is 426 g/mol. The van der Waals surface area contributed by atoms with E-state index in [4.69, 9.17) is 18.0 Å². The van der Waals surface area contributed by atoms with Crippen LogP contribution < -0.4 is 11.1 Å². The molecule has 0 saturated heterocycles. The first-order valence-electron chi connectivity index (χ1n) is 6.09. The van der Waals surface area contributed by atoms with Gasteiger partial charge in [0.2, 0.25) is 0 Å². The molecule has 0 spiro atoms. The summed E-state index contributed by atoms with van der Waals surface area (Å²) in [6, 6.07) is 12.9. The van der Waals surface area contributed by atoms with Gasteiger partial charge in [0, 0.05) is 26.6 Å². The first kappa shape index (κ1) is 16.1. The van der Waals surface area contributed by atoms with Gasteiger partial charge in [0.1, 0.15) is 4.99 Å². The number of nitrogens with two attached hydrogens (primary N) is 1. The fourth-order valence-corrected chi connectivity index (χ4v) is 3.19. The van der Waals surface area contributed by atoms with Gasteiger partial charge in [0.15, 0.2) is 0 Å². The van der Waals surface area contributed by atoms with Gasteiger partial charge in [0.05, 0.1) is 0 Å². The standard InChI is InChI=1S/C15H12Br2N2OS/c16-12-5-11(6-13(17)7-12)15(20)19-8-9-1-3-10(4-2-9)14(18)21/h1-7H,8H2,(H2,18,21)(H,19,20). The van der Waals surface area contributed by atoms with Crippen LogP contribution in [0.15, 0.2) is 51.4 Å². The third kappa shape index (κ3) is 4.62. The van der Waals surface area contributed by atoms with E-state index in [0.717, 1.165) is 20.1 Å². The van der Waals surface area contributed by atoms with Gasteiger partial charge >= 0.3 is 0 Å². The van der Waals surface area contributed by atoms with Crippen LogP contribution in [0.2, 0.25) is 0 Å². The minimum absolute atomic E-state index is 0.129. The predicted molar refractivity (Wildman–Crippen MR) is 95.3 cm³/mol. The molecule has 2 rings (SSSR count). The highest BCUT2D eigenvalue weighted by molar-refractivity contribution is 9.11. The zero-order chi connectivity index (χ0) is 15.4. The lowest BCUT2D eigenvalue weighted by atomic mass is 10.1. The molecule has 0 aliphatic heterocycles. The molecule has 2 aromatic carbocycles. The second-order valence-corrected chi connectivity index (χ2v) is 6.67. The Morgan fingerprint density at radius 3 is 2.14 bits per heavy atom. The highest BCUT2D eigenvalue weighted by atomic mass is 79.9. The van der Waals surface area contributed by atoms with Gasteiger partial charge in [-0.05, 0) is 23.8 Å². The van der Waals surface area contributed by atoms with Crippen LogP contribution in [0, 0.1) is 0 Å². The smallest absolute Gasteiger partial charge is 0.251 e. The maximum Gasteiger partial charge on any atom is 0.251 e. The van der Waals surface area contributed by atoms with Crippen molar-refractivity contribution in [2.24, 2.45) is 5.73 Å². The number of rotatable bonds is 4. The fourth-order valence-electron chi connectivity index (χ4n) is 1.76. The molecule has 3 N–H and O–H groups in total. The molecule has 108 valence electrons. The van der Waals surface area contributed by atoms with Crippen LogP contribution in [0.5, 0.6) is 0 Å². The molecule has 0 aromatic heterocycles. The third-order valence-corrected chi connectivity index (χ3v) is 3.97. The normalized spacial score (nSPS) is 10.2. The summed E-state index contributed by atoms with van der Waals surface area (Å²) in [4.78, 5) is 12.5. The summed E-state index contributed by atoms with van der Waals surface area (Å²) in [6.45, 7) is 0.445. The average Bonchev–Trinajstić information content (AvgIpc) is 2.44. The van der Waals surface area contributed by atoms with Crippen LogP contribution in [-0.4, -0.2) is 10.9 Å². The van der Waals surface area contributed by atoms with Crippen LogP contribution >= 0.6 is 44.1 Å². The van der Waals surface area contributed by atoms with E-state index in [1.165, 1.54) is 0 Å². The number of benzene rings is 2. The SMILES string of the molecule is NC(=S)c1ccc(CNC(=O)c2cc(Br)cc(Br)c2)cc1. The van der Waals surface area contributed by atoms with Crippen LogP contribution in [0.1, 0.15) is 21.5 Å². The highest BCUT2D eigenvalue weighted by Gasteiger charge is 2.07. The molecule has 0 aliphatic rings. The Morgan fingerprint density at radius 1 is 1.05 bits per heavy atom. The lowest BCUT2D eigenvalue weighted by Gasteiger charge is -2.07. The summed E-state index contributed by atoms with van der Waals surface area (Å²) in [6.07, 6.45) is 0. The summed E-state index contributed by atoms with van der Waals surface area (Å²) < 4.78 is 1.70. The van der Waals surface area contributed by atoms with Gasteiger partial charge < -0.3 is 11.1 Å². The summed E-state index contributed by atoms with van der Waals surface area (Å²) in [7, 11) is 0. The molecule has 6 heteroatoms. The van der Waals surface area contributed by atoms with Crippen LogP contribution in [-0.2, 0) is 6.54 Å². The number of halogens is 2. The van der Waals surface area contributed by atoms with Crippen molar-refractivity contribution in [2.45, 2.75) is 6.54 Å². The van der Waals surface area contributed by atoms with Crippen LogP contribution in [0.3, 0.4) is 0 Å². The van der Waals surface area contributed by atoms with Crippen molar-refractivity contribution >= 4 is 55.0 Å². The minimum atomic E-state index is -0.129. The fraction of sp³-hybridized carbons (Fsp3) is 0.0667. The van der Waals surface area contributed by atoms with E-state index in [-0.39, 0.29) is 5.91 Å². The van der Waals surface area contributed by atoms with Gasteiger partial charge in [0.25, 0.3) is 5.91 Å². The third-order valence-electron chi connectivity index (χ3n) is 2.82. The lowest BCUT2D eigenvalue weighted by Crippen LogP contribution is -2.22. The Balaban J connectivity index is 2.02. The number of carbonyl (C=O) groups is 1. The molecule has 0 atom stereocenters. The summed E-state index contributed by atoms with van der Waals surface area (Å²) in [5.74, 6) is -0.129. The Bertz CT molecular complexity index is 666. The minimum Gasteiger partial charge on any atom is -0.389 e. The zero-order valence-electron chi connectivity index (χ0n) is 10.9. The number of hydrogen-bond donors (Lipinski definition) is 2. The van der Waals surface area contributed by atoms with Gasteiger partial charge in [-0.25, -0.2) is 0 Å². The second kappa shape index (κ2) is 7.15. The van der Waals surface area contributed by atoms with Gasteiger partial charge in [-0.1, -0.05) is 68.3 Å². The molecule has 0 unspecified atom stereocenters.